The van der Waals surface area contributed by atoms with Crippen LogP contribution in [0.15, 0.2) is 78.9 Å². The molecule has 4 aromatic rings. The second-order valence-corrected chi connectivity index (χ2v) is 12.4. The van der Waals surface area contributed by atoms with Crippen LogP contribution in [0.25, 0.3) is 22.2 Å². The van der Waals surface area contributed by atoms with Gasteiger partial charge in [0, 0.05) is 74.0 Å². The fraction of sp³-hybridized carbons (Fsp3) is 0.382. The van der Waals surface area contributed by atoms with Crippen LogP contribution in [0.2, 0.25) is 0 Å². The zero-order chi connectivity index (χ0) is 27.9. The average Bonchev–Trinajstić information content (AvgIpc) is 3.29. The molecule has 3 heterocycles. The molecule has 0 N–H and O–H groups in total. The quantitative estimate of drug-likeness (QED) is 0.303. The van der Waals surface area contributed by atoms with Crippen LogP contribution in [-0.2, 0) is 6.54 Å². The van der Waals surface area contributed by atoms with Crippen LogP contribution in [0.3, 0.4) is 0 Å². The minimum absolute atomic E-state index is 0.134. The molecular weight excluding hydrogens is 496 g/mol. The normalized spacial score (nSPS) is 16.8. The van der Waals surface area contributed by atoms with Crippen LogP contribution < -0.4 is 9.64 Å². The molecule has 6 heteroatoms. The number of hydrogen-bond acceptors (Lipinski definition) is 4. The van der Waals surface area contributed by atoms with Crippen molar-refractivity contribution in [3.05, 3.63) is 84.4 Å². The summed E-state index contributed by atoms with van der Waals surface area (Å²) in [6, 6.07) is 27.7. The lowest BCUT2D eigenvalue weighted by molar-refractivity contribution is 0.0246. The van der Waals surface area contributed by atoms with E-state index < -0.39 is 0 Å². The fourth-order valence-electron chi connectivity index (χ4n) is 6.15. The number of ether oxygens (including phenoxy) is 1. The van der Waals surface area contributed by atoms with Gasteiger partial charge in [0.05, 0.1) is 12.8 Å². The van der Waals surface area contributed by atoms with Crippen molar-refractivity contribution in [2.45, 2.75) is 33.4 Å². The van der Waals surface area contributed by atoms with Crippen molar-refractivity contribution in [1.29, 1.82) is 0 Å². The summed E-state index contributed by atoms with van der Waals surface area (Å²) in [5.41, 5.74) is 5.66. The summed E-state index contributed by atoms with van der Waals surface area (Å²) in [5, 5.41) is 1.12. The molecular formula is C34H40N4O2. The van der Waals surface area contributed by atoms with E-state index in [1.54, 1.807) is 7.11 Å². The minimum atomic E-state index is 0.134. The second kappa shape index (κ2) is 10.7. The molecule has 40 heavy (non-hydrogen) atoms. The molecule has 0 aliphatic carbocycles. The van der Waals surface area contributed by atoms with Gasteiger partial charge in [-0.3, -0.25) is 9.69 Å². The van der Waals surface area contributed by atoms with Crippen molar-refractivity contribution in [2.75, 3.05) is 51.3 Å². The van der Waals surface area contributed by atoms with Gasteiger partial charge in [-0.1, -0.05) is 63.2 Å². The number of methoxy groups -OCH3 is 1. The second-order valence-electron chi connectivity index (χ2n) is 12.4. The molecule has 0 bridgehead atoms. The number of benzene rings is 3. The minimum Gasteiger partial charge on any atom is -0.495 e. The van der Waals surface area contributed by atoms with Gasteiger partial charge < -0.3 is 19.1 Å². The number of nitrogens with zero attached hydrogens (tertiary/aromatic N) is 4. The van der Waals surface area contributed by atoms with Crippen LogP contribution in [0.4, 0.5) is 5.69 Å². The molecule has 3 aromatic carbocycles. The highest BCUT2D eigenvalue weighted by Gasteiger charge is 2.36. The summed E-state index contributed by atoms with van der Waals surface area (Å²) < 4.78 is 7.97. The molecule has 2 aliphatic heterocycles. The first kappa shape index (κ1) is 26.5. The smallest absolute Gasteiger partial charge is 0.253 e. The van der Waals surface area contributed by atoms with E-state index in [0.29, 0.717) is 6.04 Å². The molecule has 6 rings (SSSR count). The van der Waals surface area contributed by atoms with E-state index in [0.717, 1.165) is 68.2 Å². The highest BCUT2D eigenvalue weighted by molar-refractivity contribution is 5.99. The molecule has 2 fully saturated rings. The SMILES string of the molecule is COc1ccccc1N1CCN(C2CN(C(=O)c3ccc4c(c3)cc(-c3ccccc3)n4CC(C)(C)C)C2)CC1. The van der Waals surface area contributed by atoms with Gasteiger partial charge in [-0.25, -0.2) is 0 Å². The lowest BCUT2D eigenvalue weighted by atomic mass is 9.96. The Hall–Kier alpha value is -3.77. The Morgan fingerprint density at radius 1 is 0.875 bits per heavy atom. The number of piperazine rings is 1. The molecule has 0 saturated carbocycles. The molecule has 1 amide bonds. The Morgan fingerprint density at radius 2 is 1.57 bits per heavy atom. The van der Waals surface area contributed by atoms with Crippen LogP contribution in [-0.4, -0.2) is 72.7 Å². The third-order valence-electron chi connectivity index (χ3n) is 8.26. The predicted octanol–water partition coefficient (Wildman–Crippen LogP) is 6.01. The van der Waals surface area contributed by atoms with E-state index in [1.807, 2.05) is 23.1 Å². The lowest BCUT2D eigenvalue weighted by Crippen LogP contribution is -2.64. The van der Waals surface area contributed by atoms with E-state index in [1.165, 1.54) is 16.8 Å². The number of para-hydroxylation sites is 2. The van der Waals surface area contributed by atoms with Crippen LogP contribution in [0.1, 0.15) is 31.1 Å². The van der Waals surface area contributed by atoms with Crippen molar-refractivity contribution in [1.82, 2.24) is 14.4 Å². The third kappa shape index (κ3) is 5.20. The van der Waals surface area contributed by atoms with Gasteiger partial charge >= 0.3 is 0 Å². The Balaban J connectivity index is 1.13. The first-order valence-electron chi connectivity index (χ1n) is 14.4. The maximum Gasteiger partial charge on any atom is 0.253 e. The number of carbonyl (C=O) groups excluding carboxylic acids is 1. The standard InChI is InChI=1S/C34H40N4O2/c1-34(2,3)24-38-29-15-14-26(20-27(29)21-31(38)25-10-6-5-7-11-25)33(39)37-22-28(23-37)35-16-18-36(19-17-35)30-12-8-9-13-32(30)40-4/h5-15,20-21,28H,16-19,22-24H2,1-4H3. The van der Waals surface area contributed by atoms with Gasteiger partial charge in [0.15, 0.2) is 0 Å². The molecule has 208 valence electrons. The van der Waals surface area contributed by atoms with Gasteiger partial charge in [-0.2, -0.15) is 0 Å². The van der Waals surface area contributed by atoms with Crippen molar-refractivity contribution < 1.29 is 9.53 Å². The summed E-state index contributed by atoms with van der Waals surface area (Å²) in [5.74, 6) is 1.06. The number of anilines is 1. The highest BCUT2D eigenvalue weighted by atomic mass is 16.5. The predicted molar refractivity (Wildman–Crippen MR) is 163 cm³/mol. The van der Waals surface area contributed by atoms with Gasteiger partial charge in [0.25, 0.3) is 5.91 Å². The van der Waals surface area contributed by atoms with Gasteiger partial charge in [0.2, 0.25) is 0 Å². The van der Waals surface area contributed by atoms with Crippen molar-refractivity contribution in [2.24, 2.45) is 5.41 Å². The summed E-state index contributed by atoms with van der Waals surface area (Å²) in [4.78, 5) is 20.4. The number of rotatable bonds is 6. The van der Waals surface area contributed by atoms with Crippen molar-refractivity contribution >= 4 is 22.5 Å². The molecule has 2 saturated heterocycles. The fourth-order valence-corrected chi connectivity index (χ4v) is 6.15. The van der Waals surface area contributed by atoms with Crippen LogP contribution >= 0.6 is 0 Å². The summed E-state index contributed by atoms with van der Waals surface area (Å²) >= 11 is 0. The highest BCUT2D eigenvalue weighted by Crippen LogP contribution is 2.33. The van der Waals surface area contributed by atoms with E-state index in [2.05, 4.69) is 95.8 Å². The lowest BCUT2D eigenvalue weighted by Gasteiger charge is -2.48. The van der Waals surface area contributed by atoms with Crippen molar-refractivity contribution in [3.8, 4) is 17.0 Å². The molecule has 0 radical (unpaired) electrons. The van der Waals surface area contributed by atoms with Gasteiger partial charge in [0.1, 0.15) is 5.75 Å². The van der Waals surface area contributed by atoms with Gasteiger partial charge in [-0.15, -0.1) is 0 Å². The van der Waals surface area contributed by atoms with Crippen molar-refractivity contribution in [3.63, 3.8) is 0 Å². The number of aromatic nitrogens is 1. The Kier molecular flexibility index (Phi) is 7.05. The van der Waals surface area contributed by atoms with E-state index in [9.17, 15) is 4.79 Å². The Labute approximate surface area is 237 Å². The first-order chi connectivity index (χ1) is 19.3. The number of carbonyl (C=O) groups is 1. The molecule has 0 spiro atoms. The maximum absolute atomic E-state index is 13.5. The zero-order valence-electron chi connectivity index (χ0n) is 24.1. The summed E-state index contributed by atoms with van der Waals surface area (Å²) in [6.07, 6.45) is 0. The van der Waals surface area contributed by atoms with E-state index >= 15 is 0 Å². The zero-order valence-corrected chi connectivity index (χ0v) is 24.1. The third-order valence-corrected chi connectivity index (χ3v) is 8.26. The number of likely N-dealkylation sites (tertiary alicyclic amines) is 1. The number of fused-ring (bicyclic) bond motifs is 1. The molecule has 0 unspecified atom stereocenters. The molecule has 0 atom stereocenters. The number of amides is 1. The summed E-state index contributed by atoms with van der Waals surface area (Å²) in [7, 11) is 1.73. The average molecular weight is 537 g/mol. The topological polar surface area (TPSA) is 41.0 Å². The molecule has 6 nitrogen and oxygen atoms in total. The molecule has 2 aliphatic rings. The van der Waals surface area contributed by atoms with Crippen LogP contribution in [0.5, 0.6) is 5.75 Å². The van der Waals surface area contributed by atoms with Gasteiger partial charge in [-0.05, 0) is 47.4 Å². The first-order valence-corrected chi connectivity index (χ1v) is 14.4. The van der Waals surface area contributed by atoms with E-state index in [-0.39, 0.29) is 11.3 Å². The monoisotopic (exact) mass is 536 g/mol. The Morgan fingerprint density at radius 3 is 2.27 bits per heavy atom. The number of hydrogen-bond donors (Lipinski definition) is 0. The van der Waals surface area contributed by atoms with E-state index in [4.69, 9.17) is 4.74 Å². The summed E-state index contributed by atoms with van der Waals surface area (Å²) in [6.45, 7) is 13.2. The maximum atomic E-state index is 13.5. The van der Waals surface area contributed by atoms with Crippen LogP contribution in [0, 0.1) is 5.41 Å². The molecule has 1 aromatic heterocycles. The largest absolute Gasteiger partial charge is 0.495 e. The Bertz CT molecular complexity index is 1490.